The van der Waals surface area contributed by atoms with Crippen molar-refractivity contribution in [3.8, 4) is 0 Å². The molecule has 0 fully saturated rings. The summed E-state index contributed by atoms with van der Waals surface area (Å²) in [5.41, 5.74) is 3.24. The SMILES string of the molecule is Cc1ccc(C)c(N(CC(=O)N[C@@H](C)c2ccccc2)S(C)(=O)=O)c1. The largest absolute Gasteiger partial charge is 0.348 e. The number of hydrogen-bond acceptors (Lipinski definition) is 3. The Bertz CT molecular complexity index is 848. The Kier molecular flexibility index (Phi) is 5.85. The zero-order valence-corrected chi connectivity index (χ0v) is 15.8. The molecule has 0 aromatic heterocycles. The molecule has 1 atom stereocenters. The van der Waals surface area contributed by atoms with E-state index >= 15 is 0 Å². The lowest BCUT2D eigenvalue weighted by atomic mass is 10.1. The number of anilines is 1. The van der Waals surface area contributed by atoms with E-state index < -0.39 is 10.0 Å². The summed E-state index contributed by atoms with van der Waals surface area (Å²) in [5.74, 6) is -0.345. The number of nitrogens with one attached hydrogen (secondary N) is 1. The van der Waals surface area contributed by atoms with Crippen LogP contribution in [0.4, 0.5) is 5.69 Å². The van der Waals surface area contributed by atoms with E-state index in [1.54, 1.807) is 6.07 Å². The smallest absolute Gasteiger partial charge is 0.241 e. The van der Waals surface area contributed by atoms with Gasteiger partial charge in [-0.15, -0.1) is 0 Å². The van der Waals surface area contributed by atoms with E-state index in [2.05, 4.69) is 5.32 Å². The highest BCUT2D eigenvalue weighted by Crippen LogP contribution is 2.24. The molecule has 0 unspecified atom stereocenters. The zero-order valence-electron chi connectivity index (χ0n) is 15.0. The van der Waals surface area contributed by atoms with Crippen molar-refractivity contribution in [1.82, 2.24) is 5.32 Å². The van der Waals surface area contributed by atoms with Gasteiger partial charge in [0.15, 0.2) is 0 Å². The molecule has 0 aliphatic carbocycles. The van der Waals surface area contributed by atoms with Gasteiger partial charge in [0.2, 0.25) is 15.9 Å². The van der Waals surface area contributed by atoms with E-state index in [9.17, 15) is 13.2 Å². The number of sulfonamides is 1. The molecule has 0 aliphatic heterocycles. The van der Waals surface area contributed by atoms with Gasteiger partial charge in [0.1, 0.15) is 6.54 Å². The minimum atomic E-state index is -3.58. The van der Waals surface area contributed by atoms with Gasteiger partial charge in [-0.25, -0.2) is 8.42 Å². The molecular formula is C19H24N2O3S. The Morgan fingerprint density at radius 3 is 2.36 bits per heavy atom. The summed E-state index contributed by atoms with van der Waals surface area (Å²) in [5, 5.41) is 2.86. The Morgan fingerprint density at radius 2 is 1.76 bits per heavy atom. The highest BCUT2D eigenvalue weighted by atomic mass is 32.2. The van der Waals surface area contributed by atoms with Crippen LogP contribution in [0.1, 0.15) is 29.7 Å². The predicted molar refractivity (Wildman–Crippen MR) is 101 cm³/mol. The van der Waals surface area contributed by atoms with Crippen molar-refractivity contribution in [3.05, 3.63) is 65.2 Å². The fraction of sp³-hybridized carbons (Fsp3) is 0.316. The van der Waals surface area contributed by atoms with Crippen LogP contribution in [0, 0.1) is 13.8 Å². The van der Waals surface area contributed by atoms with Gasteiger partial charge in [-0.3, -0.25) is 9.10 Å². The van der Waals surface area contributed by atoms with Gasteiger partial charge in [-0.1, -0.05) is 42.5 Å². The molecule has 0 saturated heterocycles. The zero-order chi connectivity index (χ0) is 18.6. The Balaban J connectivity index is 2.20. The second-order valence-electron chi connectivity index (χ2n) is 6.26. The van der Waals surface area contributed by atoms with Crippen LogP contribution in [-0.4, -0.2) is 27.1 Å². The number of benzene rings is 2. The Morgan fingerprint density at radius 1 is 1.12 bits per heavy atom. The van der Waals surface area contributed by atoms with Crippen molar-refractivity contribution >= 4 is 21.6 Å². The maximum absolute atomic E-state index is 12.4. The third-order valence-electron chi connectivity index (χ3n) is 4.00. The Hall–Kier alpha value is -2.34. The van der Waals surface area contributed by atoms with E-state index in [0.29, 0.717) is 5.69 Å². The highest BCUT2D eigenvalue weighted by molar-refractivity contribution is 7.92. The monoisotopic (exact) mass is 360 g/mol. The number of carbonyl (C=O) groups is 1. The van der Waals surface area contributed by atoms with Gasteiger partial charge in [0, 0.05) is 0 Å². The van der Waals surface area contributed by atoms with E-state index in [0.717, 1.165) is 27.3 Å². The molecular weight excluding hydrogens is 336 g/mol. The standard InChI is InChI=1S/C19H24N2O3S/c1-14-10-11-15(2)18(12-14)21(25(4,23)24)13-19(22)20-16(3)17-8-6-5-7-9-17/h5-12,16H,13H2,1-4H3,(H,20,22)/t16-/m0/s1. The molecule has 2 rings (SSSR count). The van der Waals surface area contributed by atoms with Crippen LogP contribution >= 0.6 is 0 Å². The van der Waals surface area contributed by atoms with Crippen LogP contribution in [0.3, 0.4) is 0 Å². The van der Waals surface area contributed by atoms with Crippen molar-refractivity contribution < 1.29 is 13.2 Å². The van der Waals surface area contributed by atoms with Crippen LogP contribution < -0.4 is 9.62 Å². The van der Waals surface area contributed by atoms with Gasteiger partial charge in [0.05, 0.1) is 18.0 Å². The number of amides is 1. The molecule has 2 aromatic carbocycles. The molecule has 1 N–H and O–H groups in total. The maximum atomic E-state index is 12.4. The molecule has 6 heteroatoms. The van der Waals surface area contributed by atoms with Crippen molar-refractivity contribution in [2.45, 2.75) is 26.8 Å². The molecule has 0 saturated carbocycles. The highest BCUT2D eigenvalue weighted by Gasteiger charge is 2.23. The molecule has 1 amide bonds. The fourth-order valence-electron chi connectivity index (χ4n) is 2.61. The second-order valence-corrected chi connectivity index (χ2v) is 8.17. The van der Waals surface area contributed by atoms with Gasteiger partial charge < -0.3 is 5.32 Å². The first kappa shape index (κ1) is 19.0. The van der Waals surface area contributed by atoms with Crippen LogP contribution in [0.15, 0.2) is 48.5 Å². The summed E-state index contributed by atoms with van der Waals surface area (Å²) in [6.07, 6.45) is 1.11. The van der Waals surface area contributed by atoms with E-state index in [-0.39, 0.29) is 18.5 Å². The molecule has 0 heterocycles. The summed E-state index contributed by atoms with van der Waals surface area (Å²) < 4.78 is 25.6. The quantitative estimate of drug-likeness (QED) is 0.861. The third-order valence-corrected chi connectivity index (χ3v) is 5.12. The number of nitrogens with zero attached hydrogens (tertiary/aromatic N) is 1. The summed E-state index contributed by atoms with van der Waals surface area (Å²) in [6.45, 7) is 5.34. The number of carbonyl (C=O) groups excluding carboxylic acids is 1. The van der Waals surface area contributed by atoms with Crippen molar-refractivity contribution in [2.24, 2.45) is 0 Å². The minimum Gasteiger partial charge on any atom is -0.348 e. The molecule has 2 aromatic rings. The first-order valence-corrected chi connectivity index (χ1v) is 9.92. The van der Waals surface area contributed by atoms with Crippen molar-refractivity contribution in [2.75, 3.05) is 17.1 Å². The van der Waals surface area contributed by atoms with E-state index in [4.69, 9.17) is 0 Å². The maximum Gasteiger partial charge on any atom is 0.241 e. The molecule has 5 nitrogen and oxygen atoms in total. The van der Waals surface area contributed by atoms with Crippen LogP contribution in [0.5, 0.6) is 0 Å². The molecule has 134 valence electrons. The predicted octanol–water partition coefficient (Wildman–Crippen LogP) is 2.95. The lowest BCUT2D eigenvalue weighted by molar-refractivity contribution is -0.120. The van der Waals surface area contributed by atoms with Gasteiger partial charge >= 0.3 is 0 Å². The summed E-state index contributed by atoms with van der Waals surface area (Å²) in [7, 11) is -3.58. The fourth-order valence-corrected chi connectivity index (χ4v) is 3.52. The average Bonchev–Trinajstić information content (AvgIpc) is 2.55. The van der Waals surface area contributed by atoms with Crippen molar-refractivity contribution in [1.29, 1.82) is 0 Å². The Labute approximate surface area is 149 Å². The molecule has 0 aliphatic rings. The summed E-state index contributed by atoms with van der Waals surface area (Å²) >= 11 is 0. The minimum absolute atomic E-state index is 0.200. The second kappa shape index (κ2) is 7.70. The van der Waals surface area contributed by atoms with Crippen LogP contribution in [0.2, 0.25) is 0 Å². The van der Waals surface area contributed by atoms with Crippen LogP contribution in [0.25, 0.3) is 0 Å². The van der Waals surface area contributed by atoms with Gasteiger partial charge in [-0.05, 0) is 43.5 Å². The van der Waals surface area contributed by atoms with Gasteiger partial charge in [-0.2, -0.15) is 0 Å². The molecule has 0 radical (unpaired) electrons. The molecule has 25 heavy (non-hydrogen) atoms. The average molecular weight is 360 g/mol. The normalized spacial score (nSPS) is 12.5. The van der Waals surface area contributed by atoms with Crippen molar-refractivity contribution in [3.63, 3.8) is 0 Å². The third kappa shape index (κ3) is 5.06. The molecule has 0 bridgehead atoms. The number of rotatable bonds is 6. The van der Waals surface area contributed by atoms with Crippen LogP contribution in [-0.2, 0) is 14.8 Å². The first-order chi connectivity index (χ1) is 11.7. The number of hydrogen-bond donors (Lipinski definition) is 1. The van der Waals surface area contributed by atoms with E-state index in [1.165, 1.54) is 0 Å². The molecule has 0 spiro atoms. The first-order valence-electron chi connectivity index (χ1n) is 8.08. The number of aryl methyl sites for hydroxylation is 2. The summed E-state index contributed by atoms with van der Waals surface area (Å²) in [6, 6.07) is 14.9. The lowest BCUT2D eigenvalue weighted by Crippen LogP contribution is -2.41. The summed E-state index contributed by atoms with van der Waals surface area (Å²) in [4.78, 5) is 12.4. The lowest BCUT2D eigenvalue weighted by Gasteiger charge is -2.25. The van der Waals surface area contributed by atoms with Gasteiger partial charge in [0.25, 0.3) is 0 Å². The van der Waals surface area contributed by atoms with E-state index in [1.807, 2.05) is 63.2 Å². The topological polar surface area (TPSA) is 66.5 Å².